The summed E-state index contributed by atoms with van der Waals surface area (Å²) in [5, 5.41) is 3.85. The van der Waals surface area contributed by atoms with Crippen molar-refractivity contribution in [2.75, 3.05) is 13.1 Å². The van der Waals surface area contributed by atoms with Crippen LogP contribution in [0.1, 0.15) is 49.9 Å². The summed E-state index contributed by atoms with van der Waals surface area (Å²) in [5.74, 6) is 0.525. The molecule has 1 amide bonds. The fourth-order valence-electron chi connectivity index (χ4n) is 2.98. The van der Waals surface area contributed by atoms with Crippen LogP contribution < -0.4 is 0 Å². The number of rotatable bonds is 6. The minimum absolute atomic E-state index is 0.0164. The van der Waals surface area contributed by atoms with E-state index in [4.69, 9.17) is 9.26 Å². The third kappa shape index (κ3) is 5.28. The summed E-state index contributed by atoms with van der Waals surface area (Å²) in [6, 6.07) is 9.68. The molecule has 7 nitrogen and oxygen atoms in total. The summed E-state index contributed by atoms with van der Waals surface area (Å²) in [5.41, 5.74) is 0.982. The van der Waals surface area contributed by atoms with E-state index in [1.54, 1.807) is 17.1 Å². The summed E-state index contributed by atoms with van der Waals surface area (Å²) in [6.45, 7) is 4.98. The van der Waals surface area contributed by atoms with E-state index in [1.807, 2.05) is 44.2 Å². The molecule has 1 aliphatic rings. The second-order valence-electron chi connectivity index (χ2n) is 7.15. The van der Waals surface area contributed by atoms with Gasteiger partial charge in [-0.05, 0) is 24.5 Å². The van der Waals surface area contributed by atoms with Gasteiger partial charge in [0.25, 0.3) is 5.89 Å². The molecule has 148 valence electrons. The first-order valence-electron chi connectivity index (χ1n) is 9.54. The average Bonchev–Trinajstić information content (AvgIpc) is 3.20. The number of benzene rings is 1. The number of aromatic nitrogens is 2. The van der Waals surface area contributed by atoms with E-state index in [0.717, 1.165) is 5.56 Å². The third-order valence-electron chi connectivity index (χ3n) is 4.70. The lowest BCUT2D eigenvalue weighted by Gasteiger charge is -2.30. The first-order valence-corrected chi connectivity index (χ1v) is 9.54. The maximum atomic E-state index is 12.3. The minimum atomic E-state index is -0.281. The van der Waals surface area contributed by atoms with Crippen LogP contribution in [0.4, 0.5) is 0 Å². The fourth-order valence-corrected chi connectivity index (χ4v) is 2.98. The van der Waals surface area contributed by atoms with Crippen molar-refractivity contribution in [3.8, 4) is 0 Å². The van der Waals surface area contributed by atoms with Crippen molar-refractivity contribution in [1.29, 1.82) is 0 Å². The first-order chi connectivity index (χ1) is 13.5. The standard InChI is InChI=1S/C21H25N3O4/c1-15(2)20-22-18(28-23-20)14-27-21(26)17-10-12-24(13-11-17)19(25)9-8-16-6-4-3-5-7-16/h3-9,15,17H,10-14H2,1-2H3/b9-8+. The van der Waals surface area contributed by atoms with Crippen LogP contribution in [0, 0.1) is 5.92 Å². The number of hydrogen-bond donors (Lipinski definition) is 0. The molecular formula is C21H25N3O4. The van der Waals surface area contributed by atoms with Crippen LogP contribution in [0.2, 0.25) is 0 Å². The topological polar surface area (TPSA) is 85.5 Å². The van der Waals surface area contributed by atoms with Crippen LogP contribution in [0.25, 0.3) is 6.08 Å². The van der Waals surface area contributed by atoms with Crippen molar-refractivity contribution in [2.45, 2.75) is 39.2 Å². The van der Waals surface area contributed by atoms with E-state index in [1.165, 1.54) is 0 Å². The number of nitrogens with zero attached hydrogens (tertiary/aromatic N) is 3. The van der Waals surface area contributed by atoms with Crippen molar-refractivity contribution >= 4 is 18.0 Å². The number of piperidine rings is 1. The second-order valence-corrected chi connectivity index (χ2v) is 7.15. The summed E-state index contributed by atoms with van der Waals surface area (Å²) in [7, 11) is 0. The van der Waals surface area contributed by atoms with Gasteiger partial charge in [-0.15, -0.1) is 0 Å². The van der Waals surface area contributed by atoms with Crippen LogP contribution in [-0.4, -0.2) is 40.0 Å². The van der Waals surface area contributed by atoms with Crippen LogP contribution in [0.15, 0.2) is 40.9 Å². The number of hydrogen-bond acceptors (Lipinski definition) is 6. The Morgan fingerprint density at radius 1 is 1.25 bits per heavy atom. The largest absolute Gasteiger partial charge is 0.455 e. The van der Waals surface area contributed by atoms with Crippen LogP contribution >= 0.6 is 0 Å². The van der Waals surface area contributed by atoms with Gasteiger partial charge < -0.3 is 14.2 Å². The zero-order chi connectivity index (χ0) is 19.9. The average molecular weight is 383 g/mol. The van der Waals surface area contributed by atoms with Gasteiger partial charge in [0.1, 0.15) is 0 Å². The highest BCUT2D eigenvalue weighted by Gasteiger charge is 2.28. The zero-order valence-electron chi connectivity index (χ0n) is 16.2. The van der Waals surface area contributed by atoms with Crippen molar-refractivity contribution in [1.82, 2.24) is 15.0 Å². The fraction of sp³-hybridized carbons (Fsp3) is 0.429. The van der Waals surface area contributed by atoms with Gasteiger partial charge in [-0.3, -0.25) is 9.59 Å². The van der Waals surface area contributed by atoms with Crippen LogP contribution in [-0.2, 0) is 20.9 Å². The molecule has 0 spiro atoms. The molecule has 1 saturated heterocycles. The van der Waals surface area contributed by atoms with Crippen molar-refractivity contribution in [3.05, 3.63) is 53.7 Å². The molecule has 0 N–H and O–H groups in total. The van der Waals surface area contributed by atoms with E-state index in [2.05, 4.69) is 10.1 Å². The molecule has 2 aromatic rings. The Hall–Kier alpha value is -2.96. The Morgan fingerprint density at radius 3 is 2.61 bits per heavy atom. The summed E-state index contributed by atoms with van der Waals surface area (Å²) in [6.07, 6.45) is 4.56. The number of carbonyl (C=O) groups excluding carboxylic acids is 2. The van der Waals surface area contributed by atoms with E-state index in [-0.39, 0.29) is 30.3 Å². The molecule has 1 aromatic heterocycles. The highest BCUT2D eigenvalue weighted by molar-refractivity contribution is 5.92. The lowest BCUT2D eigenvalue weighted by Crippen LogP contribution is -2.39. The van der Waals surface area contributed by atoms with Gasteiger partial charge in [-0.1, -0.05) is 49.3 Å². The van der Waals surface area contributed by atoms with Gasteiger partial charge in [0.2, 0.25) is 5.91 Å². The van der Waals surface area contributed by atoms with E-state index in [0.29, 0.717) is 37.6 Å². The molecule has 0 bridgehead atoms. The molecule has 2 heterocycles. The Kier molecular flexibility index (Phi) is 6.57. The SMILES string of the molecule is CC(C)c1noc(COC(=O)C2CCN(C(=O)/C=C/c3ccccc3)CC2)n1. The van der Waals surface area contributed by atoms with Gasteiger partial charge in [0.05, 0.1) is 5.92 Å². The van der Waals surface area contributed by atoms with Crippen molar-refractivity contribution < 1.29 is 18.8 Å². The number of amides is 1. The normalized spacial score (nSPS) is 15.3. The number of likely N-dealkylation sites (tertiary alicyclic amines) is 1. The summed E-state index contributed by atoms with van der Waals surface area (Å²) >= 11 is 0. The zero-order valence-corrected chi connectivity index (χ0v) is 16.2. The molecule has 3 rings (SSSR count). The third-order valence-corrected chi connectivity index (χ3v) is 4.70. The van der Waals surface area contributed by atoms with Crippen molar-refractivity contribution in [3.63, 3.8) is 0 Å². The summed E-state index contributed by atoms with van der Waals surface area (Å²) < 4.78 is 10.4. The summed E-state index contributed by atoms with van der Waals surface area (Å²) in [4.78, 5) is 30.5. The van der Waals surface area contributed by atoms with Gasteiger partial charge in [0, 0.05) is 25.1 Å². The molecule has 28 heavy (non-hydrogen) atoms. The van der Waals surface area contributed by atoms with Gasteiger partial charge in [-0.2, -0.15) is 4.98 Å². The van der Waals surface area contributed by atoms with Crippen LogP contribution in [0.5, 0.6) is 0 Å². The molecule has 0 radical (unpaired) electrons. The highest BCUT2D eigenvalue weighted by atomic mass is 16.6. The smallest absolute Gasteiger partial charge is 0.309 e. The minimum Gasteiger partial charge on any atom is -0.455 e. The Morgan fingerprint density at radius 2 is 1.96 bits per heavy atom. The van der Waals surface area contributed by atoms with E-state index in [9.17, 15) is 9.59 Å². The lowest BCUT2D eigenvalue weighted by atomic mass is 9.97. The van der Waals surface area contributed by atoms with Gasteiger partial charge in [-0.25, -0.2) is 0 Å². The molecule has 0 atom stereocenters. The molecule has 0 aliphatic carbocycles. The van der Waals surface area contributed by atoms with E-state index >= 15 is 0 Å². The lowest BCUT2D eigenvalue weighted by molar-refractivity contribution is -0.153. The molecule has 1 aliphatic heterocycles. The van der Waals surface area contributed by atoms with Gasteiger partial charge in [0.15, 0.2) is 12.4 Å². The molecule has 0 saturated carbocycles. The predicted molar refractivity (Wildman–Crippen MR) is 103 cm³/mol. The van der Waals surface area contributed by atoms with Gasteiger partial charge >= 0.3 is 5.97 Å². The Labute approximate surface area is 164 Å². The van der Waals surface area contributed by atoms with E-state index < -0.39 is 0 Å². The number of esters is 1. The molecule has 0 unspecified atom stereocenters. The maximum Gasteiger partial charge on any atom is 0.309 e. The number of carbonyl (C=O) groups is 2. The quantitative estimate of drug-likeness (QED) is 0.562. The van der Waals surface area contributed by atoms with Crippen LogP contribution in [0.3, 0.4) is 0 Å². The predicted octanol–water partition coefficient (Wildman–Crippen LogP) is 3.19. The number of ether oxygens (including phenoxy) is 1. The van der Waals surface area contributed by atoms with Crippen molar-refractivity contribution in [2.24, 2.45) is 5.92 Å². The maximum absolute atomic E-state index is 12.3. The second kappa shape index (κ2) is 9.30. The molecule has 7 heteroatoms. The molecular weight excluding hydrogens is 358 g/mol. The Bertz CT molecular complexity index is 821. The Balaban J connectivity index is 1.43. The molecule has 1 aromatic carbocycles. The first kappa shape index (κ1) is 19.8. The highest BCUT2D eigenvalue weighted by Crippen LogP contribution is 2.20. The molecule has 1 fully saturated rings. The monoisotopic (exact) mass is 383 g/mol.